The lowest BCUT2D eigenvalue weighted by atomic mass is 10.0. The van der Waals surface area contributed by atoms with Crippen molar-refractivity contribution in [1.82, 2.24) is 5.32 Å². The van der Waals surface area contributed by atoms with Gasteiger partial charge in [-0.25, -0.2) is 8.42 Å². The van der Waals surface area contributed by atoms with Crippen molar-refractivity contribution in [3.63, 3.8) is 0 Å². The Morgan fingerprint density at radius 2 is 1.68 bits per heavy atom. The van der Waals surface area contributed by atoms with Crippen LogP contribution in [0, 0.1) is 0 Å². The van der Waals surface area contributed by atoms with Crippen LogP contribution in [0.3, 0.4) is 0 Å². The highest BCUT2D eigenvalue weighted by Crippen LogP contribution is 2.32. The summed E-state index contributed by atoms with van der Waals surface area (Å²) >= 11 is 0. The Hall–Kier alpha value is -2.74. The molecule has 170 valence electrons. The number of sulfonamides is 1. The molecule has 0 aromatic heterocycles. The van der Waals surface area contributed by atoms with Crippen LogP contribution in [0.1, 0.15) is 37.3 Å². The number of methoxy groups -OCH3 is 2. The van der Waals surface area contributed by atoms with E-state index in [9.17, 15) is 13.2 Å². The molecule has 0 heterocycles. The van der Waals surface area contributed by atoms with E-state index >= 15 is 0 Å². The smallest absolute Gasteiger partial charge is 0.240 e. The number of benzene rings is 2. The molecule has 0 saturated heterocycles. The molecule has 0 aliphatic rings. The average molecular weight is 449 g/mol. The van der Waals surface area contributed by atoms with Crippen molar-refractivity contribution >= 4 is 21.6 Å². The molecule has 2 aromatic rings. The molecular formula is C23H32N2O5S. The van der Waals surface area contributed by atoms with Crippen molar-refractivity contribution < 1.29 is 22.7 Å². The Kier molecular flexibility index (Phi) is 8.74. The molecule has 7 nitrogen and oxygen atoms in total. The summed E-state index contributed by atoms with van der Waals surface area (Å²) in [6.45, 7) is 4.48. The SMILES string of the molecule is COc1ccc(N(CC(=O)NCCCc2ccc(C(C)C)cc2)S(C)(=O)=O)cc1OC. The van der Waals surface area contributed by atoms with Crippen LogP contribution >= 0.6 is 0 Å². The van der Waals surface area contributed by atoms with E-state index in [-0.39, 0.29) is 12.5 Å². The number of rotatable bonds is 11. The van der Waals surface area contributed by atoms with Gasteiger partial charge in [0.15, 0.2) is 11.5 Å². The number of carbonyl (C=O) groups is 1. The molecule has 1 amide bonds. The highest BCUT2D eigenvalue weighted by Gasteiger charge is 2.22. The Labute approximate surface area is 185 Å². The number of carbonyl (C=O) groups excluding carboxylic acids is 1. The fraction of sp³-hybridized carbons (Fsp3) is 0.435. The molecule has 0 radical (unpaired) electrons. The first-order valence-corrected chi connectivity index (χ1v) is 12.1. The van der Waals surface area contributed by atoms with Gasteiger partial charge in [0, 0.05) is 12.6 Å². The topological polar surface area (TPSA) is 84.9 Å². The first kappa shape index (κ1) is 24.5. The van der Waals surface area contributed by atoms with Gasteiger partial charge in [0.25, 0.3) is 0 Å². The van der Waals surface area contributed by atoms with E-state index in [0.717, 1.165) is 23.4 Å². The van der Waals surface area contributed by atoms with Gasteiger partial charge in [-0.15, -0.1) is 0 Å². The van der Waals surface area contributed by atoms with Crippen LogP contribution in [-0.2, 0) is 21.2 Å². The molecule has 0 saturated carbocycles. The van der Waals surface area contributed by atoms with Crippen molar-refractivity contribution in [2.24, 2.45) is 0 Å². The fourth-order valence-electron chi connectivity index (χ4n) is 3.16. The molecule has 0 fully saturated rings. The van der Waals surface area contributed by atoms with Crippen molar-refractivity contribution in [3.05, 3.63) is 53.6 Å². The largest absolute Gasteiger partial charge is 0.493 e. The van der Waals surface area contributed by atoms with E-state index in [1.54, 1.807) is 12.1 Å². The fourth-order valence-corrected chi connectivity index (χ4v) is 4.00. The minimum atomic E-state index is -3.67. The quantitative estimate of drug-likeness (QED) is 0.533. The third-order valence-corrected chi connectivity index (χ3v) is 6.09. The van der Waals surface area contributed by atoms with Gasteiger partial charge in [-0.1, -0.05) is 38.1 Å². The van der Waals surface area contributed by atoms with E-state index < -0.39 is 10.0 Å². The molecular weight excluding hydrogens is 416 g/mol. The number of ether oxygens (including phenoxy) is 2. The van der Waals surface area contributed by atoms with E-state index in [0.29, 0.717) is 29.6 Å². The molecule has 0 aliphatic heterocycles. The molecule has 8 heteroatoms. The third kappa shape index (κ3) is 7.17. The summed E-state index contributed by atoms with van der Waals surface area (Å²) in [6, 6.07) is 13.2. The highest BCUT2D eigenvalue weighted by molar-refractivity contribution is 7.92. The highest BCUT2D eigenvalue weighted by atomic mass is 32.2. The van der Waals surface area contributed by atoms with Gasteiger partial charge in [-0.2, -0.15) is 0 Å². The lowest BCUT2D eigenvalue weighted by molar-refractivity contribution is -0.119. The van der Waals surface area contributed by atoms with Crippen LogP contribution in [-0.4, -0.2) is 47.9 Å². The van der Waals surface area contributed by atoms with Crippen LogP contribution in [0.4, 0.5) is 5.69 Å². The zero-order valence-corrected chi connectivity index (χ0v) is 19.7. The molecule has 0 spiro atoms. The molecule has 0 bridgehead atoms. The van der Waals surface area contributed by atoms with Crippen molar-refractivity contribution in [2.75, 3.05) is 37.9 Å². The zero-order chi connectivity index (χ0) is 23.0. The summed E-state index contributed by atoms with van der Waals surface area (Å²) in [7, 11) is -0.700. The molecule has 1 N–H and O–H groups in total. The predicted octanol–water partition coefficient (Wildman–Crippen LogP) is 3.34. The van der Waals surface area contributed by atoms with Gasteiger partial charge >= 0.3 is 0 Å². The molecule has 2 rings (SSSR count). The van der Waals surface area contributed by atoms with E-state index in [1.165, 1.54) is 31.4 Å². The van der Waals surface area contributed by atoms with Gasteiger partial charge in [0.05, 0.1) is 26.2 Å². The van der Waals surface area contributed by atoms with Crippen molar-refractivity contribution in [2.45, 2.75) is 32.6 Å². The minimum Gasteiger partial charge on any atom is -0.493 e. The first-order valence-electron chi connectivity index (χ1n) is 10.2. The third-order valence-electron chi connectivity index (χ3n) is 4.95. The monoisotopic (exact) mass is 448 g/mol. The molecule has 0 atom stereocenters. The maximum Gasteiger partial charge on any atom is 0.240 e. The Bertz CT molecular complexity index is 972. The second-order valence-electron chi connectivity index (χ2n) is 7.66. The van der Waals surface area contributed by atoms with Crippen LogP contribution in [0.25, 0.3) is 0 Å². The number of hydrogen-bond donors (Lipinski definition) is 1. The number of aryl methyl sites for hydroxylation is 1. The maximum absolute atomic E-state index is 12.4. The summed E-state index contributed by atoms with van der Waals surface area (Å²) in [4.78, 5) is 12.4. The molecule has 0 aliphatic carbocycles. The standard InChI is InChI=1S/C23H32N2O5S/c1-17(2)19-10-8-18(9-11-19)7-6-14-24-23(26)16-25(31(5,27)28)20-12-13-21(29-3)22(15-20)30-4/h8-13,15,17H,6-7,14,16H2,1-5H3,(H,24,26). The van der Waals surface area contributed by atoms with E-state index in [1.807, 2.05) is 0 Å². The van der Waals surface area contributed by atoms with Gasteiger partial charge < -0.3 is 14.8 Å². The average Bonchev–Trinajstić information content (AvgIpc) is 2.74. The van der Waals surface area contributed by atoms with Crippen molar-refractivity contribution in [3.8, 4) is 11.5 Å². The Morgan fingerprint density at radius 3 is 2.23 bits per heavy atom. The molecule has 2 aromatic carbocycles. The van der Waals surface area contributed by atoms with Gasteiger partial charge in [-0.05, 0) is 42.0 Å². The van der Waals surface area contributed by atoms with Gasteiger partial charge in [0.2, 0.25) is 15.9 Å². The lowest BCUT2D eigenvalue weighted by Crippen LogP contribution is -2.40. The number of nitrogens with one attached hydrogen (secondary N) is 1. The normalized spacial score (nSPS) is 11.3. The van der Waals surface area contributed by atoms with Crippen LogP contribution < -0.4 is 19.1 Å². The summed E-state index contributed by atoms with van der Waals surface area (Å²) in [6.07, 6.45) is 2.67. The van der Waals surface area contributed by atoms with Gasteiger partial charge in [-0.3, -0.25) is 9.10 Å². The van der Waals surface area contributed by atoms with Crippen LogP contribution in [0.5, 0.6) is 11.5 Å². The summed E-state index contributed by atoms with van der Waals surface area (Å²) in [5, 5.41) is 2.81. The number of nitrogens with zero attached hydrogens (tertiary/aromatic N) is 1. The second-order valence-corrected chi connectivity index (χ2v) is 9.57. The maximum atomic E-state index is 12.4. The molecule has 0 unspecified atom stereocenters. The Morgan fingerprint density at radius 1 is 1.03 bits per heavy atom. The van der Waals surface area contributed by atoms with Crippen molar-refractivity contribution in [1.29, 1.82) is 0 Å². The van der Waals surface area contributed by atoms with E-state index in [2.05, 4.69) is 43.4 Å². The number of amides is 1. The number of hydrogen-bond acceptors (Lipinski definition) is 5. The Balaban J connectivity index is 1.94. The van der Waals surface area contributed by atoms with Crippen LogP contribution in [0.15, 0.2) is 42.5 Å². The number of anilines is 1. The molecule has 31 heavy (non-hydrogen) atoms. The summed E-state index contributed by atoms with van der Waals surface area (Å²) in [5.41, 5.74) is 2.84. The minimum absolute atomic E-state index is 0.308. The second kappa shape index (κ2) is 11.0. The first-order chi connectivity index (χ1) is 14.7. The van der Waals surface area contributed by atoms with Gasteiger partial charge in [0.1, 0.15) is 6.54 Å². The predicted molar refractivity (Wildman–Crippen MR) is 124 cm³/mol. The lowest BCUT2D eigenvalue weighted by Gasteiger charge is -2.23. The zero-order valence-electron chi connectivity index (χ0n) is 18.8. The summed E-state index contributed by atoms with van der Waals surface area (Å²) in [5.74, 6) is 0.996. The summed E-state index contributed by atoms with van der Waals surface area (Å²) < 4.78 is 36.0. The van der Waals surface area contributed by atoms with Crippen LogP contribution in [0.2, 0.25) is 0 Å². The van der Waals surface area contributed by atoms with E-state index in [4.69, 9.17) is 9.47 Å².